The van der Waals surface area contributed by atoms with E-state index in [-0.39, 0.29) is 11.7 Å². The van der Waals surface area contributed by atoms with Crippen molar-refractivity contribution in [3.8, 4) is 0 Å². The van der Waals surface area contributed by atoms with E-state index in [4.69, 9.17) is 4.99 Å². The molecule has 0 N–H and O–H groups in total. The summed E-state index contributed by atoms with van der Waals surface area (Å²) in [6.07, 6.45) is 2.77. The predicted molar refractivity (Wildman–Crippen MR) is 91.1 cm³/mol. The van der Waals surface area contributed by atoms with Gasteiger partial charge in [-0.05, 0) is 36.5 Å². The Hall–Kier alpha value is -1.75. The van der Waals surface area contributed by atoms with Crippen LogP contribution in [0, 0.1) is 17.7 Å². The number of likely N-dealkylation sites (N-methyl/N-ethyl adjacent to an activating group) is 1. The molecule has 0 radical (unpaired) electrons. The molecular weight excluding hydrogens is 305 g/mol. The van der Waals surface area contributed by atoms with Crippen LogP contribution in [0.15, 0.2) is 29.3 Å². The van der Waals surface area contributed by atoms with Gasteiger partial charge < -0.3 is 4.90 Å². The highest BCUT2D eigenvalue weighted by Gasteiger charge is 2.60. The normalized spacial score (nSPS) is 32.7. The number of aliphatic imine (C=N–C) groups is 1. The lowest BCUT2D eigenvalue weighted by Crippen LogP contribution is -2.45. The van der Waals surface area contributed by atoms with Crippen LogP contribution >= 0.6 is 0 Å². The number of carbonyl (C=O) groups excluding carboxylic acids is 1. The van der Waals surface area contributed by atoms with Gasteiger partial charge in [-0.15, -0.1) is 0 Å². The van der Waals surface area contributed by atoms with Gasteiger partial charge in [0.05, 0.1) is 0 Å². The Morgan fingerprint density at radius 2 is 2.04 bits per heavy atom. The van der Waals surface area contributed by atoms with E-state index < -0.39 is 5.54 Å². The Bertz CT molecular complexity index is 686. The van der Waals surface area contributed by atoms with E-state index in [1.165, 1.54) is 12.1 Å². The van der Waals surface area contributed by atoms with E-state index in [0.717, 1.165) is 50.3 Å². The zero-order chi connectivity index (χ0) is 16.9. The molecule has 2 heterocycles. The second-order valence-corrected chi connectivity index (χ2v) is 7.40. The number of rotatable bonds is 3. The van der Waals surface area contributed by atoms with E-state index in [2.05, 4.69) is 11.8 Å². The molecule has 0 unspecified atom stereocenters. The number of benzene rings is 1. The van der Waals surface area contributed by atoms with Gasteiger partial charge >= 0.3 is 0 Å². The number of fused-ring (bicyclic) bond motifs is 2. The largest absolute Gasteiger partial charge is 0.302 e. The van der Waals surface area contributed by atoms with Gasteiger partial charge in [-0.25, -0.2) is 4.39 Å². The maximum atomic E-state index is 13.1. The van der Waals surface area contributed by atoms with E-state index >= 15 is 0 Å². The third-order valence-corrected chi connectivity index (χ3v) is 6.05. The highest BCUT2D eigenvalue weighted by atomic mass is 19.1. The maximum Gasteiger partial charge on any atom is 0.255 e. The monoisotopic (exact) mass is 329 g/mol. The number of hydrogen-bond donors (Lipinski definition) is 0. The van der Waals surface area contributed by atoms with Crippen molar-refractivity contribution in [3.63, 3.8) is 0 Å². The van der Waals surface area contributed by atoms with Crippen molar-refractivity contribution < 1.29 is 9.18 Å². The summed E-state index contributed by atoms with van der Waals surface area (Å²) in [4.78, 5) is 22.0. The van der Waals surface area contributed by atoms with Crippen LogP contribution in [-0.2, 0) is 11.3 Å². The standard InChI is InChI=1S/C19H24FN3O/c1-3-17-21-19(18(24)22(17)2)9-8-14-11-23(12-16(14)19)10-13-4-6-15(20)7-5-13/h4-7,14,16H,3,8-12H2,1-2H3/t14-,16+,19-/m0/s1. The molecule has 1 aromatic rings. The molecule has 2 fully saturated rings. The molecule has 24 heavy (non-hydrogen) atoms. The van der Waals surface area contributed by atoms with Crippen LogP contribution in [0.4, 0.5) is 4.39 Å². The molecule has 1 saturated heterocycles. The van der Waals surface area contributed by atoms with Crippen LogP contribution in [0.2, 0.25) is 0 Å². The van der Waals surface area contributed by atoms with Gasteiger partial charge in [-0.2, -0.15) is 0 Å². The Kier molecular flexibility index (Phi) is 3.71. The third kappa shape index (κ3) is 2.29. The summed E-state index contributed by atoms with van der Waals surface area (Å²) >= 11 is 0. The quantitative estimate of drug-likeness (QED) is 0.855. The highest BCUT2D eigenvalue weighted by Crippen LogP contribution is 2.50. The number of hydrogen-bond acceptors (Lipinski definition) is 3. The van der Waals surface area contributed by atoms with Gasteiger partial charge in [-0.1, -0.05) is 19.1 Å². The summed E-state index contributed by atoms with van der Waals surface area (Å²) in [6, 6.07) is 6.73. The van der Waals surface area contributed by atoms with Crippen molar-refractivity contribution in [1.29, 1.82) is 0 Å². The van der Waals surface area contributed by atoms with Crippen LogP contribution in [0.3, 0.4) is 0 Å². The molecule has 3 atom stereocenters. The van der Waals surface area contributed by atoms with Gasteiger partial charge in [0, 0.05) is 39.0 Å². The molecule has 0 bridgehead atoms. The molecule has 1 saturated carbocycles. The first-order valence-corrected chi connectivity index (χ1v) is 8.87. The number of halogens is 1. The van der Waals surface area contributed by atoms with Crippen molar-refractivity contribution in [2.45, 2.75) is 38.3 Å². The topological polar surface area (TPSA) is 35.9 Å². The summed E-state index contributed by atoms with van der Waals surface area (Å²) in [5.41, 5.74) is 0.612. The second-order valence-electron chi connectivity index (χ2n) is 7.40. The zero-order valence-electron chi connectivity index (χ0n) is 14.3. The van der Waals surface area contributed by atoms with Crippen molar-refractivity contribution in [3.05, 3.63) is 35.6 Å². The summed E-state index contributed by atoms with van der Waals surface area (Å²) in [6.45, 7) is 4.79. The lowest BCUT2D eigenvalue weighted by atomic mass is 9.85. The second kappa shape index (κ2) is 5.66. The van der Waals surface area contributed by atoms with E-state index in [1.54, 1.807) is 4.90 Å². The Morgan fingerprint density at radius 1 is 1.29 bits per heavy atom. The average molecular weight is 329 g/mol. The van der Waals surface area contributed by atoms with Crippen molar-refractivity contribution in [1.82, 2.24) is 9.80 Å². The SMILES string of the molecule is CCC1=N[C@]2(CC[C@H]3CN(Cc4ccc(F)cc4)C[C@H]32)C(=O)N1C. The minimum Gasteiger partial charge on any atom is -0.302 e. The number of amidine groups is 1. The summed E-state index contributed by atoms with van der Waals surface area (Å²) in [7, 11) is 1.86. The number of amides is 1. The fraction of sp³-hybridized carbons (Fsp3) is 0.579. The molecule has 3 aliphatic rings. The van der Waals surface area contributed by atoms with Gasteiger partial charge in [0.1, 0.15) is 17.2 Å². The number of carbonyl (C=O) groups is 1. The Morgan fingerprint density at radius 3 is 2.71 bits per heavy atom. The molecular formula is C19H24FN3O. The Labute approximate surface area is 142 Å². The lowest BCUT2D eigenvalue weighted by Gasteiger charge is -2.27. The fourth-order valence-corrected chi connectivity index (χ4v) is 4.84. The molecule has 5 heteroatoms. The summed E-state index contributed by atoms with van der Waals surface area (Å²) in [5.74, 6) is 1.78. The first-order chi connectivity index (χ1) is 11.5. The lowest BCUT2D eigenvalue weighted by molar-refractivity contribution is -0.131. The predicted octanol–water partition coefficient (Wildman–Crippen LogP) is 2.69. The zero-order valence-corrected chi connectivity index (χ0v) is 14.3. The molecule has 0 aromatic heterocycles. The van der Waals surface area contributed by atoms with E-state index in [9.17, 15) is 9.18 Å². The van der Waals surface area contributed by atoms with Crippen LogP contribution in [0.1, 0.15) is 31.7 Å². The van der Waals surface area contributed by atoms with Crippen molar-refractivity contribution in [2.75, 3.05) is 20.1 Å². The number of likely N-dealkylation sites (tertiary alicyclic amines) is 1. The van der Waals surface area contributed by atoms with Gasteiger partial charge in [0.15, 0.2) is 0 Å². The van der Waals surface area contributed by atoms with Crippen LogP contribution < -0.4 is 0 Å². The summed E-state index contributed by atoms with van der Waals surface area (Å²) < 4.78 is 13.1. The third-order valence-electron chi connectivity index (χ3n) is 6.05. The highest BCUT2D eigenvalue weighted by molar-refractivity contribution is 6.08. The number of nitrogens with zero attached hydrogens (tertiary/aromatic N) is 3. The van der Waals surface area contributed by atoms with Crippen LogP contribution in [-0.4, -0.2) is 47.2 Å². The molecule has 1 aromatic carbocycles. The minimum absolute atomic E-state index is 0.190. The van der Waals surface area contributed by atoms with Crippen LogP contribution in [0.5, 0.6) is 0 Å². The molecule has 1 spiro atoms. The maximum absolute atomic E-state index is 13.1. The van der Waals surface area contributed by atoms with Crippen LogP contribution in [0.25, 0.3) is 0 Å². The minimum atomic E-state index is -0.512. The molecule has 4 nitrogen and oxygen atoms in total. The van der Waals surface area contributed by atoms with Crippen molar-refractivity contribution in [2.24, 2.45) is 16.8 Å². The molecule has 1 amide bonds. The van der Waals surface area contributed by atoms with Gasteiger partial charge in [0.25, 0.3) is 5.91 Å². The Balaban J connectivity index is 1.52. The average Bonchev–Trinajstić information content (AvgIpc) is 3.20. The van der Waals surface area contributed by atoms with Crippen molar-refractivity contribution >= 4 is 11.7 Å². The molecule has 1 aliphatic carbocycles. The van der Waals surface area contributed by atoms with Gasteiger partial charge in [-0.3, -0.25) is 14.7 Å². The van der Waals surface area contributed by atoms with Gasteiger partial charge in [0.2, 0.25) is 0 Å². The first kappa shape index (κ1) is 15.8. The van der Waals surface area contributed by atoms with E-state index in [0.29, 0.717) is 11.8 Å². The first-order valence-electron chi connectivity index (χ1n) is 8.87. The summed E-state index contributed by atoms with van der Waals surface area (Å²) in [5, 5.41) is 0. The fourth-order valence-electron chi connectivity index (χ4n) is 4.84. The molecule has 2 aliphatic heterocycles. The smallest absolute Gasteiger partial charge is 0.255 e. The molecule has 4 rings (SSSR count). The van der Waals surface area contributed by atoms with E-state index in [1.807, 2.05) is 19.2 Å². The molecule has 128 valence electrons.